The average molecular weight is 295 g/mol. The zero-order valence-electron chi connectivity index (χ0n) is 13.4. The van der Waals surface area contributed by atoms with Crippen molar-refractivity contribution in [3.8, 4) is 0 Å². The van der Waals surface area contributed by atoms with Gasteiger partial charge in [-0.25, -0.2) is 0 Å². The number of rotatable bonds is 5. The number of fused-ring (bicyclic) bond motifs is 1. The third-order valence-corrected chi connectivity index (χ3v) is 4.92. The van der Waals surface area contributed by atoms with Gasteiger partial charge < -0.3 is 0 Å². The second-order valence-corrected chi connectivity index (χ2v) is 6.34. The van der Waals surface area contributed by atoms with Crippen LogP contribution in [0.4, 0.5) is 0 Å². The smallest absolute Gasteiger partial charge is 0.176 e. The molecule has 22 heavy (non-hydrogen) atoms. The van der Waals surface area contributed by atoms with Crippen LogP contribution >= 0.6 is 0 Å². The van der Waals surface area contributed by atoms with Crippen LogP contribution in [0, 0.1) is 0 Å². The van der Waals surface area contributed by atoms with Crippen molar-refractivity contribution in [2.75, 3.05) is 13.1 Å². The summed E-state index contributed by atoms with van der Waals surface area (Å²) in [5, 5.41) is 2.34. The number of benzene rings is 2. The number of nitrogens with zero attached hydrogens (tertiary/aromatic N) is 1. The molecule has 0 amide bonds. The normalized spacial score (nSPS) is 16.3. The van der Waals surface area contributed by atoms with Gasteiger partial charge in [-0.15, -0.1) is 0 Å². The van der Waals surface area contributed by atoms with Crippen LogP contribution in [-0.2, 0) is 0 Å². The molecule has 0 heterocycles. The molecule has 116 valence electrons. The van der Waals surface area contributed by atoms with Gasteiger partial charge in [-0.2, -0.15) is 0 Å². The molecule has 2 heteroatoms. The van der Waals surface area contributed by atoms with Crippen molar-refractivity contribution in [2.24, 2.45) is 0 Å². The largest absolute Gasteiger partial charge is 0.293 e. The molecule has 0 radical (unpaired) electrons. The fourth-order valence-electron chi connectivity index (χ4n) is 3.58. The molecule has 2 nitrogen and oxygen atoms in total. The molecule has 0 N–H and O–H groups in total. The van der Waals surface area contributed by atoms with Crippen LogP contribution in [0.2, 0.25) is 0 Å². The van der Waals surface area contributed by atoms with Crippen molar-refractivity contribution in [3.63, 3.8) is 0 Å². The van der Waals surface area contributed by atoms with Crippen molar-refractivity contribution >= 4 is 16.6 Å². The van der Waals surface area contributed by atoms with Crippen molar-refractivity contribution in [1.29, 1.82) is 0 Å². The highest BCUT2D eigenvalue weighted by atomic mass is 16.1. The number of hydrogen-bond donors (Lipinski definition) is 0. The molecular weight excluding hydrogens is 270 g/mol. The van der Waals surface area contributed by atoms with Crippen LogP contribution in [-0.4, -0.2) is 29.8 Å². The first-order chi connectivity index (χ1) is 10.8. The van der Waals surface area contributed by atoms with Crippen molar-refractivity contribution in [2.45, 2.75) is 45.1 Å². The minimum absolute atomic E-state index is 0.248. The maximum absolute atomic E-state index is 12.7. The van der Waals surface area contributed by atoms with Gasteiger partial charge in [0.2, 0.25) is 0 Å². The monoisotopic (exact) mass is 295 g/mol. The summed E-state index contributed by atoms with van der Waals surface area (Å²) >= 11 is 0. The van der Waals surface area contributed by atoms with Crippen molar-refractivity contribution in [1.82, 2.24) is 4.90 Å². The molecule has 0 saturated heterocycles. The van der Waals surface area contributed by atoms with Gasteiger partial charge in [0, 0.05) is 11.6 Å². The molecule has 1 aliphatic rings. The molecule has 2 aromatic rings. The molecule has 1 aliphatic carbocycles. The lowest BCUT2D eigenvalue weighted by Gasteiger charge is -2.33. The number of carbonyl (C=O) groups excluding carboxylic acids is 1. The first-order valence-corrected chi connectivity index (χ1v) is 8.54. The Bertz CT molecular complexity index is 643. The zero-order chi connectivity index (χ0) is 15.4. The highest BCUT2D eigenvalue weighted by Gasteiger charge is 2.22. The summed E-state index contributed by atoms with van der Waals surface area (Å²) < 4.78 is 0. The quantitative estimate of drug-likeness (QED) is 0.747. The van der Waals surface area contributed by atoms with E-state index in [0.29, 0.717) is 12.6 Å². The van der Waals surface area contributed by atoms with Gasteiger partial charge in [0.1, 0.15) is 0 Å². The van der Waals surface area contributed by atoms with E-state index in [1.165, 1.54) is 37.5 Å². The summed E-state index contributed by atoms with van der Waals surface area (Å²) in [5.41, 5.74) is 0.841. The molecule has 0 atom stereocenters. The highest BCUT2D eigenvalue weighted by Crippen LogP contribution is 2.23. The Morgan fingerprint density at radius 1 is 1.05 bits per heavy atom. The lowest BCUT2D eigenvalue weighted by atomic mass is 9.93. The number of likely N-dealkylation sites (N-methyl/N-ethyl adjacent to an activating group) is 1. The third-order valence-electron chi connectivity index (χ3n) is 4.92. The SMILES string of the molecule is CCN(CC(=O)c1ccc2ccccc2c1)C1CCCCC1. The van der Waals surface area contributed by atoms with E-state index in [9.17, 15) is 4.79 Å². The third kappa shape index (κ3) is 3.38. The molecule has 0 aliphatic heterocycles. The predicted molar refractivity (Wildman–Crippen MR) is 92.4 cm³/mol. The number of hydrogen-bond acceptors (Lipinski definition) is 2. The summed E-state index contributed by atoms with van der Waals surface area (Å²) in [6.45, 7) is 3.69. The minimum atomic E-state index is 0.248. The van der Waals surface area contributed by atoms with E-state index in [0.717, 1.165) is 17.5 Å². The van der Waals surface area contributed by atoms with Crippen LogP contribution in [0.5, 0.6) is 0 Å². The fraction of sp³-hybridized carbons (Fsp3) is 0.450. The van der Waals surface area contributed by atoms with Crippen LogP contribution in [0.3, 0.4) is 0 Å². The molecular formula is C20H25NO. The molecule has 0 aromatic heterocycles. The van der Waals surface area contributed by atoms with Crippen LogP contribution in [0.25, 0.3) is 10.8 Å². The Morgan fingerprint density at radius 2 is 1.77 bits per heavy atom. The van der Waals surface area contributed by atoms with Gasteiger partial charge in [-0.3, -0.25) is 9.69 Å². The van der Waals surface area contributed by atoms with Gasteiger partial charge in [0.25, 0.3) is 0 Å². The van der Waals surface area contributed by atoms with Gasteiger partial charge in [-0.1, -0.05) is 62.6 Å². The molecule has 3 rings (SSSR count). The topological polar surface area (TPSA) is 20.3 Å². The van der Waals surface area contributed by atoms with Crippen molar-refractivity contribution < 1.29 is 4.79 Å². The van der Waals surface area contributed by atoms with Gasteiger partial charge >= 0.3 is 0 Å². The van der Waals surface area contributed by atoms with Crippen molar-refractivity contribution in [3.05, 3.63) is 48.0 Å². The van der Waals surface area contributed by atoms with Crippen LogP contribution in [0.1, 0.15) is 49.4 Å². The van der Waals surface area contributed by atoms with Crippen LogP contribution < -0.4 is 0 Å². The van der Waals surface area contributed by atoms with E-state index in [1.54, 1.807) is 0 Å². The van der Waals surface area contributed by atoms with Crippen LogP contribution in [0.15, 0.2) is 42.5 Å². The van der Waals surface area contributed by atoms with E-state index in [2.05, 4.69) is 30.0 Å². The lowest BCUT2D eigenvalue weighted by Crippen LogP contribution is -2.40. The van der Waals surface area contributed by atoms with Gasteiger partial charge in [0.05, 0.1) is 6.54 Å². The zero-order valence-corrected chi connectivity index (χ0v) is 13.4. The standard InChI is InChI=1S/C20H25NO/c1-2-21(19-10-4-3-5-11-19)15-20(22)18-13-12-16-8-6-7-9-17(16)14-18/h6-9,12-14,19H,2-5,10-11,15H2,1H3. The van der Waals surface area contributed by atoms with E-state index in [-0.39, 0.29) is 5.78 Å². The number of ketones is 1. The van der Waals surface area contributed by atoms with E-state index in [4.69, 9.17) is 0 Å². The Labute approximate surface area is 133 Å². The highest BCUT2D eigenvalue weighted by molar-refractivity contribution is 6.01. The first kappa shape index (κ1) is 15.2. The maximum atomic E-state index is 12.7. The second kappa shape index (κ2) is 7.06. The second-order valence-electron chi connectivity index (χ2n) is 6.34. The average Bonchev–Trinajstić information content (AvgIpc) is 2.59. The van der Waals surface area contributed by atoms with E-state index < -0.39 is 0 Å². The number of carbonyl (C=O) groups is 1. The molecule has 0 bridgehead atoms. The molecule has 0 spiro atoms. The Kier molecular flexibility index (Phi) is 4.89. The molecule has 1 fully saturated rings. The number of Topliss-reactive ketones (excluding diaryl/α,β-unsaturated/α-hetero) is 1. The summed E-state index contributed by atoms with van der Waals surface area (Å²) in [6, 6.07) is 14.9. The molecule has 0 unspecified atom stereocenters. The van der Waals surface area contributed by atoms with E-state index >= 15 is 0 Å². The summed E-state index contributed by atoms with van der Waals surface area (Å²) in [4.78, 5) is 15.0. The molecule has 2 aromatic carbocycles. The Hall–Kier alpha value is -1.67. The summed E-state index contributed by atoms with van der Waals surface area (Å²) in [5.74, 6) is 0.248. The minimum Gasteiger partial charge on any atom is -0.293 e. The van der Waals surface area contributed by atoms with Gasteiger partial charge in [-0.05, 0) is 36.2 Å². The fourth-order valence-corrected chi connectivity index (χ4v) is 3.58. The lowest BCUT2D eigenvalue weighted by molar-refractivity contribution is 0.0868. The Morgan fingerprint density at radius 3 is 2.50 bits per heavy atom. The molecule has 1 saturated carbocycles. The summed E-state index contributed by atoms with van der Waals surface area (Å²) in [6.07, 6.45) is 6.47. The summed E-state index contributed by atoms with van der Waals surface area (Å²) in [7, 11) is 0. The van der Waals surface area contributed by atoms with Gasteiger partial charge in [0.15, 0.2) is 5.78 Å². The predicted octanol–water partition coefficient (Wildman–Crippen LogP) is 4.68. The first-order valence-electron chi connectivity index (χ1n) is 8.54. The van der Waals surface area contributed by atoms with E-state index in [1.807, 2.05) is 24.3 Å². The Balaban J connectivity index is 1.73. The maximum Gasteiger partial charge on any atom is 0.176 e.